The van der Waals surface area contributed by atoms with E-state index in [4.69, 9.17) is 4.74 Å². The molecule has 29 heavy (non-hydrogen) atoms. The molecule has 0 saturated carbocycles. The van der Waals surface area contributed by atoms with E-state index in [1.54, 1.807) is 0 Å². The van der Waals surface area contributed by atoms with Crippen molar-refractivity contribution in [1.29, 1.82) is 0 Å². The van der Waals surface area contributed by atoms with Crippen LogP contribution in [0.1, 0.15) is 37.9 Å². The number of nitrogens with one attached hydrogen (secondary N) is 1. The number of rotatable bonds is 5. The van der Waals surface area contributed by atoms with Gasteiger partial charge in [0.1, 0.15) is 0 Å². The Morgan fingerprint density at radius 2 is 1.86 bits per heavy atom. The highest BCUT2D eigenvalue weighted by atomic mass is 19.2. The van der Waals surface area contributed by atoms with Gasteiger partial charge in [-0.15, -0.1) is 0 Å². The Kier molecular flexibility index (Phi) is 6.64. The highest BCUT2D eigenvalue weighted by Gasteiger charge is 2.22. The Hall–Kier alpha value is -2.73. The number of nitrogens with zero attached hydrogens (tertiary/aromatic N) is 1. The van der Waals surface area contributed by atoms with Crippen LogP contribution < -0.4 is 10.2 Å². The fraction of sp³-hybridized carbons (Fsp3) is 0.348. The molecule has 3 unspecified atom stereocenters. The van der Waals surface area contributed by atoms with Crippen molar-refractivity contribution in [2.24, 2.45) is 0 Å². The first kappa shape index (κ1) is 21.0. The normalized spacial score (nSPS) is 20.7. The van der Waals surface area contributed by atoms with E-state index >= 15 is 0 Å². The molecule has 1 heterocycles. The van der Waals surface area contributed by atoms with Gasteiger partial charge in [-0.2, -0.15) is 0 Å². The minimum atomic E-state index is -0.966. The van der Waals surface area contributed by atoms with Crippen molar-refractivity contribution in [3.8, 4) is 0 Å². The van der Waals surface area contributed by atoms with E-state index in [9.17, 15) is 13.6 Å². The Morgan fingerprint density at radius 3 is 2.59 bits per heavy atom. The Labute approximate surface area is 170 Å². The van der Waals surface area contributed by atoms with E-state index in [-0.39, 0.29) is 29.7 Å². The molecule has 1 N–H and O–H groups in total. The largest absolute Gasteiger partial charge is 0.372 e. The number of halogens is 2. The lowest BCUT2D eigenvalue weighted by atomic mass is 10.1. The average molecular weight is 400 g/mol. The number of anilines is 1. The van der Waals surface area contributed by atoms with Crippen molar-refractivity contribution in [3.63, 3.8) is 0 Å². The maximum atomic E-state index is 13.7. The first-order valence-corrected chi connectivity index (χ1v) is 9.76. The van der Waals surface area contributed by atoms with Gasteiger partial charge in [0.15, 0.2) is 11.6 Å². The van der Waals surface area contributed by atoms with Gasteiger partial charge in [-0.25, -0.2) is 8.78 Å². The van der Waals surface area contributed by atoms with Crippen molar-refractivity contribution < 1.29 is 18.3 Å². The van der Waals surface area contributed by atoms with Crippen LogP contribution in [0, 0.1) is 11.6 Å². The predicted molar refractivity (Wildman–Crippen MR) is 111 cm³/mol. The summed E-state index contributed by atoms with van der Waals surface area (Å²) in [6.45, 7) is 7.64. The standard InChI is InChI=1S/C23H26F2N2O2/c1-15-13-27(14-16(2)29-15)20-8-4-7-19(12-20)17(3)26-22(28)11-10-18-6-5-9-21(24)23(18)25/h4-12,15-17H,13-14H2,1-3H3,(H,26,28)/b11-10+. The number of morpholine rings is 1. The lowest BCUT2D eigenvalue weighted by molar-refractivity contribution is -0.117. The molecule has 1 aliphatic heterocycles. The van der Waals surface area contributed by atoms with Gasteiger partial charge in [0.2, 0.25) is 5.91 Å². The molecule has 0 radical (unpaired) electrons. The minimum absolute atomic E-state index is 0.0327. The van der Waals surface area contributed by atoms with Gasteiger partial charge in [0.05, 0.1) is 18.2 Å². The van der Waals surface area contributed by atoms with Crippen LogP contribution in [0.15, 0.2) is 48.5 Å². The first-order chi connectivity index (χ1) is 13.8. The van der Waals surface area contributed by atoms with E-state index in [1.807, 2.05) is 19.1 Å². The van der Waals surface area contributed by atoms with E-state index in [1.165, 1.54) is 24.3 Å². The smallest absolute Gasteiger partial charge is 0.244 e. The molecule has 3 rings (SSSR count). The Balaban J connectivity index is 1.66. The number of carbonyl (C=O) groups is 1. The Morgan fingerprint density at radius 1 is 1.17 bits per heavy atom. The van der Waals surface area contributed by atoms with Gasteiger partial charge in [0.25, 0.3) is 0 Å². The predicted octanol–water partition coefficient (Wildman–Crippen LogP) is 4.47. The monoisotopic (exact) mass is 400 g/mol. The van der Waals surface area contributed by atoms with Crippen LogP contribution >= 0.6 is 0 Å². The van der Waals surface area contributed by atoms with Crippen LogP contribution in [-0.2, 0) is 9.53 Å². The van der Waals surface area contributed by atoms with Crippen LogP contribution in [-0.4, -0.2) is 31.2 Å². The van der Waals surface area contributed by atoms with E-state index in [0.29, 0.717) is 0 Å². The molecule has 154 valence electrons. The fourth-order valence-electron chi connectivity index (χ4n) is 3.54. The molecule has 1 aliphatic rings. The van der Waals surface area contributed by atoms with Crippen LogP contribution in [0.5, 0.6) is 0 Å². The summed E-state index contributed by atoms with van der Waals surface area (Å²) in [6.07, 6.45) is 2.80. The summed E-state index contributed by atoms with van der Waals surface area (Å²) in [7, 11) is 0. The van der Waals surface area contributed by atoms with Crippen molar-refractivity contribution >= 4 is 17.7 Å². The lowest BCUT2D eigenvalue weighted by Crippen LogP contribution is -2.45. The summed E-state index contributed by atoms with van der Waals surface area (Å²) < 4.78 is 32.7. The number of ether oxygens (including phenoxy) is 1. The quantitative estimate of drug-likeness (QED) is 0.753. The zero-order valence-corrected chi connectivity index (χ0v) is 16.9. The van der Waals surface area contributed by atoms with Crippen molar-refractivity contribution in [1.82, 2.24) is 5.32 Å². The number of benzene rings is 2. The van der Waals surface area contributed by atoms with Crippen LogP contribution in [0.25, 0.3) is 6.08 Å². The summed E-state index contributed by atoms with van der Waals surface area (Å²) >= 11 is 0. The third kappa shape index (κ3) is 5.41. The van der Waals surface area contributed by atoms with Crippen molar-refractivity contribution in [3.05, 3.63) is 71.3 Å². The van der Waals surface area contributed by atoms with Gasteiger partial charge in [-0.05, 0) is 50.6 Å². The third-order valence-electron chi connectivity index (χ3n) is 4.91. The van der Waals surface area contributed by atoms with Gasteiger partial charge in [0, 0.05) is 30.4 Å². The van der Waals surface area contributed by atoms with Gasteiger partial charge >= 0.3 is 0 Å². The van der Waals surface area contributed by atoms with E-state index in [0.717, 1.165) is 30.4 Å². The summed E-state index contributed by atoms with van der Waals surface area (Å²) in [5.74, 6) is -2.28. The first-order valence-electron chi connectivity index (χ1n) is 9.76. The minimum Gasteiger partial charge on any atom is -0.372 e. The summed E-state index contributed by atoms with van der Waals surface area (Å²) in [6, 6.07) is 11.7. The molecule has 4 nitrogen and oxygen atoms in total. The van der Waals surface area contributed by atoms with Gasteiger partial charge in [-0.1, -0.05) is 24.3 Å². The lowest BCUT2D eigenvalue weighted by Gasteiger charge is -2.37. The second-order valence-corrected chi connectivity index (χ2v) is 7.46. The van der Waals surface area contributed by atoms with Crippen molar-refractivity contribution in [2.75, 3.05) is 18.0 Å². The molecule has 2 aromatic carbocycles. The maximum absolute atomic E-state index is 13.7. The molecular weight excluding hydrogens is 374 g/mol. The zero-order chi connectivity index (χ0) is 21.0. The molecule has 1 amide bonds. The summed E-state index contributed by atoms with van der Waals surface area (Å²) in [5, 5.41) is 2.86. The molecular formula is C23H26F2N2O2. The average Bonchev–Trinajstić information content (AvgIpc) is 2.68. The summed E-state index contributed by atoms with van der Waals surface area (Å²) in [5.41, 5.74) is 2.08. The van der Waals surface area contributed by atoms with E-state index in [2.05, 4.69) is 36.2 Å². The topological polar surface area (TPSA) is 41.6 Å². The highest BCUT2D eigenvalue weighted by Crippen LogP contribution is 2.24. The van der Waals surface area contributed by atoms with E-state index < -0.39 is 11.6 Å². The van der Waals surface area contributed by atoms with Crippen LogP contribution in [0.4, 0.5) is 14.5 Å². The molecule has 2 aromatic rings. The molecule has 0 spiro atoms. The van der Waals surface area contributed by atoms with Crippen LogP contribution in [0.2, 0.25) is 0 Å². The second kappa shape index (κ2) is 9.18. The molecule has 3 atom stereocenters. The molecule has 0 bridgehead atoms. The molecule has 6 heteroatoms. The molecule has 1 saturated heterocycles. The van der Waals surface area contributed by atoms with Gasteiger partial charge < -0.3 is 15.0 Å². The Bertz CT molecular complexity index is 890. The van der Waals surface area contributed by atoms with Crippen molar-refractivity contribution in [2.45, 2.75) is 39.0 Å². The highest BCUT2D eigenvalue weighted by molar-refractivity contribution is 5.92. The maximum Gasteiger partial charge on any atom is 0.244 e. The molecule has 0 aliphatic carbocycles. The number of amides is 1. The van der Waals surface area contributed by atoms with Gasteiger partial charge in [-0.3, -0.25) is 4.79 Å². The zero-order valence-electron chi connectivity index (χ0n) is 16.9. The SMILES string of the molecule is CC1CN(c2cccc(C(C)NC(=O)/C=C/c3cccc(F)c3F)c2)CC(C)O1. The fourth-order valence-corrected chi connectivity index (χ4v) is 3.54. The third-order valence-corrected chi connectivity index (χ3v) is 4.91. The molecule has 1 fully saturated rings. The number of hydrogen-bond acceptors (Lipinski definition) is 3. The number of hydrogen-bond donors (Lipinski definition) is 1. The van der Waals surface area contributed by atoms with Crippen LogP contribution in [0.3, 0.4) is 0 Å². The summed E-state index contributed by atoms with van der Waals surface area (Å²) in [4.78, 5) is 14.5. The molecule has 0 aromatic heterocycles. The second-order valence-electron chi connectivity index (χ2n) is 7.46. The number of carbonyl (C=O) groups excluding carboxylic acids is 1.